The molecule has 0 spiro atoms. The average molecular weight is 234 g/mol. The third kappa shape index (κ3) is 6.44. The van der Waals surface area contributed by atoms with Gasteiger partial charge >= 0.3 is 0 Å². The Morgan fingerprint density at radius 2 is 1.94 bits per heavy atom. The molecule has 1 aromatic rings. The lowest BCUT2D eigenvalue weighted by Gasteiger charge is -2.17. The summed E-state index contributed by atoms with van der Waals surface area (Å²) >= 11 is 0. The van der Waals surface area contributed by atoms with Crippen LogP contribution in [0, 0.1) is 0 Å². The van der Waals surface area contributed by atoms with E-state index in [2.05, 4.69) is 61.4 Å². The van der Waals surface area contributed by atoms with Gasteiger partial charge < -0.3 is 10.2 Å². The third-order valence-electron chi connectivity index (χ3n) is 3.24. The van der Waals surface area contributed by atoms with Crippen molar-refractivity contribution in [2.75, 3.05) is 26.7 Å². The van der Waals surface area contributed by atoms with Crippen molar-refractivity contribution >= 4 is 0 Å². The van der Waals surface area contributed by atoms with Crippen LogP contribution in [0.2, 0.25) is 0 Å². The lowest BCUT2D eigenvalue weighted by molar-refractivity contribution is 0.339. The molecule has 1 rings (SSSR count). The van der Waals surface area contributed by atoms with Crippen molar-refractivity contribution < 1.29 is 0 Å². The number of hydrogen-bond donors (Lipinski definition) is 1. The largest absolute Gasteiger partial charge is 0.313 e. The smallest absolute Gasteiger partial charge is 0.0104 e. The van der Waals surface area contributed by atoms with E-state index >= 15 is 0 Å². The van der Waals surface area contributed by atoms with Gasteiger partial charge in [0.1, 0.15) is 0 Å². The molecule has 17 heavy (non-hydrogen) atoms. The molecular formula is C15H26N2. The summed E-state index contributed by atoms with van der Waals surface area (Å²) in [7, 11) is 2.16. The molecule has 1 aromatic carbocycles. The summed E-state index contributed by atoms with van der Waals surface area (Å²) < 4.78 is 0. The van der Waals surface area contributed by atoms with Crippen molar-refractivity contribution in [1.82, 2.24) is 10.2 Å². The maximum atomic E-state index is 3.58. The number of benzene rings is 1. The summed E-state index contributed by atoms with van der Waals surface area (Å²) in [6.45, 7) is 7.81. The number of aryl methyl sites for hydroxylation is 1. The fraction of sp³-hybridized carbons (Fsp3) is 0.600. The second-order valence-corrected chi connectivity index (χ2v) is 4.78. The highest BCUT2D eigenvalue weighted by Gasteiger charge is 2.02. The van der Waals surface area contributed by atoms with E-state index in [0.29, 0.717) is 6.04 Å². The molecule has 96 valence electrons. The molecule has 0 aromatic heterocycles. The molecule has 2 heteroatoms. The summed E-state index contributed by atoms with van der Waals surface area (Å²) in [5.41, 5.74) is 1.44. The van der Waals surface area contributed by atoms with Crippen molar-refractivity contribution in [1.29, 1.82) is 0 Å². The van der Waals surface area contributed by atoms with E-state index in [4.69, 9.17) is 0 Å². The molecule has 0 aliphatic rings. The minimum absolute atomic E-state index is 0.598. The zero-order chi connectivity index (χ0) is 12.5. The second kappa shape index (κ2) is 8.26. The Balaban J connectivity index is 2.11. The van der Waals surface area contributed by atoms with Crippen molar-refractivity contribution in [2.45, 2.75) is 32.7 Å². The zero-order valence-electron chi connectivity index (χ0n) is 11.4. The summed E-state index contributed by atoms with van der Waals surface area (Å²) in [5.74, 6) is 0. The van der Waals surface area contributed by atoms with Gasteiger partial charge in [0, 0.05) is 19.1 Å². The quantitative estimate of drug-likeness (QED) is 0.743. The molecule has 0 amide bonds. The number of rotatable bonds is 8. The molecule has 0 aliphatic carbocycles. The van der Waals surface area contributed by atoms with Gasteiger partial charge in [-0.25, -0.2) is 0 Å². The summed E-state index contributed by atoms with van der Waals surface area (Å²) in [6.07, 6.45) is 2.37. The summed E-state index contributed by atoms with van der Waals surface area (Å²) in [6, 6.07) is 11.3. The maximum absolute atomic E-state index is 3.58. The summed E-state index contributed by atoms with van der Waals surface area (Å²) in [4.78, 5) is 2.33. The molecule has 0 heterocycles. The van der Waals surface area contributed by atoms with Gasteiger partial charge in [0.05, 0.1) is 0 Å². The van der Waals surface area contributed by atoms with Gasteiger partial charge in [-0.2, -0.15) is 0 Å². The van der Waals surface area contributed by atoms with Crippen LogP contribution in [0.1, 0.15) is 25.8 Å². The first-order valence-electron chi connectivity index (χ1n) is 6.68. The standard InChI is InChI=1S/C15H26N2/c1-4-17(3)13-12-16-14(2)10-11-15-8-6-5-7-9-15/h5-9,14,16H,4,10-13H2,1-3H3. The van der Waals surface area contributed by atoms with Gasteiger partial charge in [-0.05, 0) is 38.9 Å². The van der Waals surface area contributed by atoms with Crippen LogP contribution in [0.4, 0.5) is 0 Å². The summed E-state index contributed by atoms with van der Waals surface area (Å²) in [5, 5.41) is 3.58. The van der Waals surface area contributed by atoms with Crippen molar-refractivity contribution in [3.05, 3.63) is 35.9 Å². The number of hydrogen-bond acceptors (Lipinski definition) is 2. The Labute approximate surface area is 106 Å². The Morgan fingerprint density at radius 3 is 2.59 bits per heavy atom. The zero-order valence-corrected chi connectivity index (χ0v) is 11.4. The lowest BCUT2D eigenvalue weighted by Crippen LogP contribution is -2.34. The van der Waals surface area contributed by atoms with Crippen LogP contribution in [0.25, 0.3) is 0 Å². The molecule has 0 radical (unpaired) electrons. The van der Waals surface area contributed by atoms with Crippen LogP contribution < -0.4 is 5.32 Å². The van der Waals surface area contributed by atoms with E-state index < -0.39 is 0 Å². The number of nitrogens with one attached hydrogen (secondary N) is 1. The highest BCUT2D eigenvalue weighted by Crippen LogP contribution is 2.04. The molecule has 0 aliphatic heterocycles. The molecule has 0 fully saturated rings. The first kappa shape index (κ1) is 14.2. The van der Waals surface area contributed by atoms with E-state index in [0.717, 1.165) is 19.6 Å². The molecule has 1 atom stereocenters. The van der Waals surface area contributed by atoms with E-state index in [-0.39, 0.29) is 0 Å². The fourth-order valence-electron chi connectivity index (χ4n) is 1.79. The van der Waals surface area contributed by atoms with Crippen molar-refractivity contribution in [3.8, 4) is 0 Å². The average Bonchev–Trinajstić information content (AvgIpc) is 2.37. The van der Waals surface area contributed by atoms with E-state index in [1.807, 2.05) is 0 Å². The van der Waals surface area contributed by atoms with Crippen LogP contribution >= 0.6 is 0 Å². The maximum Gasteiger partial charge on any atom is 0.0104 e. The van der Waals surface area contributed by atoms with E-state index in [1.165, 1.54) is 18.4 Å². The predicted molar refractivity (Wildman–Crippen MR) is 75.4 cm³/mol. The minimum Gasteiger partial charge on any atom is -0.313 e. The van der Waals surface area contributed by atoms with Crippen LogP contribution in [-0.4, -0.2) is 37.6 Å². The molecule has 0 saturated heterocycles. The Bertz CT molecular complexity index is 284. The van der Waals surface area contributed by atoms with Gasteiger partial charge in [0.2, 0.25) is 0 Å². The highest BCUT2D eigenvalue weighted by molar-refractivity contribution is 5.14. The van der Waals surface area contributed by atoms with Crippen molar-refractivity contribution in [2.24, 2.45) is 0 Å². The lowest BCUT2D eigenvalue weighted by atomic mass is 10.1. The Kier molecular flexibility index (Phi) is 6.90. The Hall–Kier alpha value is -0.860. The van der Waals surface area contributed by atoms with Crippen molar-refractivity contribution in [3.63, 3.8) is 0 Å². The van der Waals surface area contributed by atoms with Gasteiger partial charge in [-0.15, -0.1) is 0 Å². The van der Waals surface area contributed by atoms with E-state index in [1.54, 1.807) is 0 Å². The minimum atomic E-state index is 0.598. The monoisotopic (exact) mass is 234 g/mol. The van der Waals surface area contributed by atoms with Gasteiger partial charge in [-0.3, -0.25) is 0 Å². The van der Waals surface area contributed by atoms with Gasteiger partial charge in [0.25, 0.3) is 0 Å². The van der Waals surface area contributed by atoms with E-state index in [9.17, 15) is 0 Å². The van der Waals surface area contributed by atoms with Crippen LogP contribution in [0.3, 0.4) is 0 Å². The van der Waals surface area contributed by atoms with Crippen LogP contribution in [-0.2, 0) is 6.42 Å². The first-order valence-corrected chi connectivity index (χ1v) is 6.68. The Morgan fingerprint density at radius 1 is 1.24 bits per heavy atom. The predicted octanol–water partition coefficient (Wildman–Crippen LogP) is 2.55. The normalized spacial score (nSPS) is 12.9. The number of likely N-dealkylation sites (N-methyl/N-ethyl adjacent to an activating group) is 1. The SMILES string of the molecule is CCN(C)CCNC(C)CCc1ccccc1. The van der Waals surface area contributed by atoms with Crippen LogP contribution in [0.15, 0.2) is 30.3 Å². The number of nitrogens with zero attached hydrogens (tertiary/aromatic N) is 1. The molecule has 2 nitrogen and oxygen atoms in total. The molecule has 0 saturated carbocycles. The topological polar surface area (TPSA) is 15.3 Å². The van der Waals surface area contributed by atoms with Gasteiger partial charge in [-0.1, -0.05) is 37.3 Å². The first-order chi connectivity index (χ1) is 8.22. The molecule has 1 unspecified atom stereocenters. The molecular weight excluding hydrogens is 208 g/mol. The van der Waals surface area contributed by atoms with Crippen LogP contribution in [0.5, 0.6) is 0 Å². The fourth-order valence-corrected chi connectivity index (χ4v) is 1.79. The molecule has 1 N–H and O–H groups in total. The molecule has 0 bridgehead atoms. The third-order valence-corrected chi connectivity index (χ3v) is 3.24. The highest BCUT2D eigenvalue weighted by atomic mass is 15.1. The second-order valence-electron chi connectivity index (χ2n) is 4.78. The van der Waals surface area contributed by atoms with Gasteiger partial charge in [0.15, 0.2) is 0 Å².